The van der Waals surface area contributed by atoms with Crippen LogP contribution in [0.5, 0.6) is 0 Å². The van der Waals surface area contributed by atoms with Gasteiger partial charge in [-0.3, -0.25) is 4.98 Å². The number of hydrogen-bond acceptors (Lipinski definition) is 4. The monoisotopic (exact) mass is 184 g/mol. The molecule has 1 aliphatic rings. The largest absolute Gasteiger partial charge is 0.391 e. The quantitative estimate of drug-likeness (QED) is 0.675. The van der Waals surface area contributed by atoms with Crippen LogP contribution in [-0.2, 0) is 5.54 Å². The van der Waals surface area contributed by atoms with Crippen LogP contribution in [0.1, 0.15) is 18.2 Å². The summed E-state index contributed by atoms with van der Waals surface area (Å²) in [6.07, 6.45) is 2.37. The lowest BCUT2D eigenvalue weighted by atomic mass is 9.96. The van der Waals surface area contributed by atoms with E-state index in [4.69, 9.17) is 0 Å². The van der Waals surface area contributed by atoms with E-state index in [0.29, 0.717) is 0 Å². The summed E-state index contributed by atoms with van der Waals surface area (Å²) in [5.41, 5.74) is 1.54. The van der Waals surface area contributed by atoms with Gasteiger partial charge in [0.05, 0.1) is 17.2 Å². The van der Waals surface area contributed by atoms with Crippen molar-refractivity contribution in [2.75, 3.05) is 6.54 Å². The average Bonchev–Trinajstić information content (AvgIpc) is 2.62. The highest BCUT2D eigenvalue weighted by Gasteiger charge is 2.39. The molecule has 0 radical (unpaired) electrons. The first-order chi connectivity index (χ1) is 5.73. The van der Waals surface area contributed by atoms with Crippen LogP contribution in [0.15, 0.2) is 11.7 Å². The fourth-order valence-electron chi connectivity index (χ4n) is 1.60. The maximum absolute atomic E-state index is 9.74. The Bertz CT molecular complexity index is 262. The normalized spacial score (nSPS) is 35.7. The zero-order valence-corrected chi connectivity index (χ0v) is 7.77. The summed E-state index contributed by atoms with van der Waals surface area (Å²) in [7, 11) is 0. The predicted octanol–water partition coefficient (Wildman–Crippen LogP) is 0.712. The number of thiazole rings is 1. The van der Waals surface area contributed by atoms with E-state index in [1.54, 1.807) is 16.8 Å². The Morgan fingerprint density at radius 2 is 2.67 bits per heavy atom. The van der Waals surface area contributed by atoms with Crippen LogP contribution in [-0.4, -0.2) is 22.7 Å². The van der Waals surface area contributed by atoms with Gasteiger partial charge < -0.3 is 10.4 Å². The lowest BCUT2D eigenvalue weighted by molar-refractivity contribution is 0.109. The van der Waals surface area contributed by atoms with Gasteiger partial charge >= 0.3 is 0 Å². The third-order valence-corrected chi connectivity index (χ3v) is 3.53. The van der Waals surface area contributed by atoms with Gasteiger partial charge in [0.1, 0.15) is 0 Å². The van der Waals surface area contributed by atoms with Crippen LogP contribution in [0.3, 0.4) is 0 Å². The number of nitrogens with zero attached hydrogens (tertiary/aromatic N) is 1. The molecule has 2 atom stereocenters. The number of hydrogen-bond donors (Lipinski definition) is 2. The van der Waals surface area contributed by atoms with Crippen LogP contribution in [0.4, 0.5) is 0 Å². The first kappa shape index (κ1) is 8.16. The topological polar surface area (TPSA) is 45.2 Å². The van der Waals surface area contributed by atoms with E-state index in [1.807, 2.05) is 13.1 Å². The van der Waals surface area contributed by atoms with Crippen LogP contribution in [0.25, 0.3) is 0 Å². The van der Waals surface area contributed by atoms with E-state index in [0.717, 1.165) is 17.8 Å². The smallest absolute Gasteiger partial charge is 0.0794 e. The van der Waals surface area contributed by atoms with Crippen molar-refractivity contribution in [3.8, 4) is 0 Å². The molecule has 12 heavy (non-hydrogen) atoms. The minimum Gasteiger partial charge on any atom is -0.391 e. The van der Waals surface area contributed by atoms with Crippen LogP contribution >= 0.6 is 11.3 Å². The van der Waals surface area contributed by atoms with Crippen molar-refractivity contribution < 1.29 is 5.11 Å². The molecule has 0 saturated carbocycles. The van der Waals surface area contributed by atoms with E-state index in [-0.39, 0.29) is 11.6 Å². The van der Waals surface area contributed by atoms with Crippen LogP contribution in [0, 0.1) is 0 Å². The minimum absolute atomic E-state index is 0.263. The lowest BCUT2D eigenvalue weighted by Gasteiger charge is -2.26. The number of aliphatic hydroxyl groups is 1. The summed E-state index contributed by atoms with van der Waals surface area (Å²) in [4.78, 5) is 5.13. The summed E-state index contributed by atoms with van der Waals surface area (Å²) >= 11 is 1.59. The fourth-order valence-corrected chi connectivity index (χ4v) is 2.41. The van der Waals surface area contributed by atoms with Crippen molar-refractivity contribution in [1.29, 1.82) is 0 Å². The molecule has 3 nitrogen and oxygen atoms in total. The molecule has 2 N–H and O–H groups in total. The molecule has 1 saturated heterocycles. The summed E-state index contributed by atoms with van der Waals surface area (Å²) in [6.45, 7) is 2.91. The van der Waals surface area contributed by atoms with E-state index in [9.17, 15) is 5.11 Å². The van der Waals surface area contributed by atoms with Gasteiger partial charge in [0.15, 0.2) is 0 Å². The highest BCUT2D eigenvalue weighted by molar-refractivity contribution is 7.09. The SMILES string of the molecule is CC1(c2cncs2)NCCC1O. The molecule has 1 aromatic rings. The van der Waals surface area contributed by atoms with Crippen molar-refractivity contribution in [2.24, 2.45) is 0 Å². The molecule has 0 aromatic carbocycles. The maximum atomic E-state index is 9.74. The van der Waals surface area contributed by atoms with Crippen molar-refractivity contribution in [2.45, 2.75) is 25.0 Å². The van der Waals surface area contributed by atoms with Gasteiger partial charge in [-0.05, 0) is 19.9 Å². The Balaban J connectivity index is 2.32. The molecule has 2 unspecified atom stereocenters. The Morgan fingerprint density at radius 3 is 3.17 bits per heavy atom. The summed E-state index contributed by atoms with van der Waals surface area (Å²) in [6, 6.07) is 0. The molecule has 2 heterocycles. The van der Waals surface area contributed by atoms with Crippen molar-refractivity contribution in [3.05, 3.63) is 16.6 Å². The van der Waals surface area contributed by atoms with Crippen molar-refractivity contribution in [3.63, 3.8) is 0 Å². The van der Waals surface area contributed by atoms with Gasteiger partial charge in [-0.25, -0.2) is 0 Å². The Labute approximate surface area is 75.5 Å². The molecule has 0 bridgehead atoms. The summed E-state index contributed by atoms with van der Waals surface area (Å²) < 4.78 is 0. The standard InChI is InChI=1S/C8H12N2OS/c1-8(6(11)2-3-10-8)7-4-9-5-12-7/h4-6,10-11H,2-3H2,1H3. The number of aromatic nitrogens is 1. The minimum atomic E-state index is -0.280. The predicted molar refractivity (Wildman–Crippen MR) is 48.1 cm³/mol. The Kier molecular flexibility index (Phi) is 1.90. The van der Waals surface area contributed by atoms with E-state index in [2.05, 4.69) is 10.3 Å². The van der Waals surface area contributed by atoms with Gasteiger partial charge in [0, 0.05) is 11.1 Å². The van der Waals surface area contributed by atoms with E-state index in [1.165, 1.54) is 0 Å². The molecule has 1 fully saturated rings. The third-order valence-electron chi connectivity index (χ3n) is 2.52. The van der Waals surface area contributed by atoms with E-state index < -0.39 is 0 Å². The third kappa shape index (κ3) is 1.07. The molecule has 1 aliphatic heterocycles. The fraction of sp³-hybridized carbons (Fsp3) is 0.625. The van der Waals surface area contributed by atoms with E-state index >= 15 is 0 Å². The Hall–Kier alpha value is -0.450. The molecule has 1 aromatic heterocycles. The lowest BCUT2D eigenvalue weighted by Crippen LogP contribution is -2.40. The highest BCUT2D eigenvalue weighted by Crippen LogP contribution is 2.32. The van der Waals surface area contributed by atoms with Crippen molar-refractivity contribution >= 4 is 11.3 Å². The summed E-state index contributed by atoms with van der Waals surface area (Å²) in [5.74, 6) is 0. The first-order valence-electron chi connectivity index (χ1n) is 4.05. The second-order valence-electron chi connectivity index (χ2n) is 3.30. The summed E-state index contributed by atoms with van der Waals surface area (Å²) in [5, 5.41) is 13.0. The van der Waals surface area contributed by atoms with Gasteiger partial charge in [0.25, 0.3) is 0 Å². The second-order valence-corrected chi connectivity index (χ2v) is 4.19. The number of rotatable bonds is 1. The average molecular weight is 184 g/mol. The van der Waals surface area contributed by atoms with Crippen molar-refractivity contribution in [1.82, 2.24) is 10.3 Å². The molecule has 0 aliphatic carbocycles. The number of nitrogens with one attached hydrogen (secondary N) is 1. The molecular formula is C8H12N2OS. The molecule has 4 heteroatoms. The first-order valence-corrected chi connectivity index (χ1v) is 4.93. The maximum Gasteiger partial charge on any atom is 0.0794 e. The molecule has 66 valence electrons. The van der Waals surface area contributed by atoms with Gasteiger partial charge in [0.2, 0.25) is 0 Å². The van der Waals surface area contributed by atoms with Crippen LogP contribution in [0.2, 0.25) is 0 Å². The zero-order chi connectivity index (χ0) is 8.60. The highest BCUT2D eigenvalue weighted by atomic mass is 32.1. The molecule has 2 rings (SSSR count). The van der Waals surface area contributed by atoms with Gasteiger partial charge in [-0.15, -0.1) is 11.3 Å². The molecule has 0 spiro atoms. The van der Waals surface area contributed by atoms with Crippen LogP contribution < -0.4 is 5.32 Å². The van der Waals surface area contributed by atoms with Gasteiger partial charge in [-0.2, -0.15) is 0 Å². The second kappa shape index (κ2) is 2.80. The zero-order valence-electron chi connectivity index (χ0n) is 6.95. The molecule has 0 amide bonds. The number of aliphatic hydroxyl groups excluding tert-OH is 1. The molecular weight excluding hydrogens is 172 g/mol. The van der Waals surface area contributed by atoms with Gasteiger partial charge in [-0.1, -0.05) is 0 Å². The Morgan fingerprint density at radius 1 is 1.83 bits per heavy atom.